The zero-order valence-corrected chi connectivity index (χ0v) is 10.4. The van der Waals surface area contributed by atoms with Crippen molar-refractivity contribution in [1.82, 2.24) is 4.90 Å². The molecule has 1 heterocycles. The quantitative estimate of drug-likeness (QED) is 0.818. The van der Waals surface area contributed by atoms with Crippen LogP contribution in [0.25, 0.3) is 0 Å². The van der Waals surface area contributed by atoms with Crippen molar-refractivity contribution in [2.24, 2.45) is 0 Å². The van der Waals surface area contributed by atoms with Crippen molar-refractivity contribution in [1.29, 1.82) is 5.26 Å². The number of nitrogens with zero attached hydrogens (tertiary/aromatic N) is 2. The third-order valence-corrected chi connectivity index (χ3v) is 3.12. The number of likely N-dealkylation sites (N-methyl/N-ethyl adjacent to an activating group) is 1. The number of nitriles is 1. The Labute approximate surface area is 109 Å². The van der Waals surface area contributed by atoms with Gasteiger partial charge in [0.15, 0.2) is 0 Å². The molecule has 2 amide bonds. The molecule has 1 aromatic rings. The molecule has 1 N–H and O–H groups in total. The van der Waals surface area contributed by atoms with Gasteiger partial charge in [-0.3, -0.25) is 14.5 Å². The number of nitrogens with one attached hydrogen (secondary N) is 1. The van der Waals surface area contributed by atoms with E-state index in [0.29, 0.717) is 16.3 Å². The minimum atomic E-state index is -0.590. The average molecular weight is 264 g/mol. The van der Waals surface area contributed by atoms with Gasteiger partial charge in [0, 0.05) is 7.05 Å². The molecular formula is C12H10ClN3O2. The molecule has 0 bridgehead atoms. The van der Waals surface area contributed by atoms with Gasteiger partial charge in [-0.2, -0.15) is 5.26 Å². The molecule has 1 unspecified atom stereocenters. The van der Waals surface area contributed by atoms with Crippen molar-refractivity contribution < 1.29 is 9.59 Å². The fourth-order valence-corrected chi connectivity index (χ4v) is 1.99. The molecule has 6 heteroatoms. The van der Waals surface area contributed by atoms with Gasteiger partial charge >= 0.3 is 0 Å². The predicted molar refractivity (Wildman–Crippen MR) is 66.0 cm³/mol. The van der Waals surface area contributed by atoms with E-state index in [1.807, 2.05) is 6.07 Å². The third-order valence-electron chi connectivity index (χ3n) is 2.81. The summed E-state index contributed by atoms with van der Waals surface area (Å²) in [6.07, 6.45) is 0.117. The maximum Gasteiger partial charge on any atom is 0.251 e. The van der Waals surface area contributed by atoms with E-state index in [1.165, 1.54) is 13.1 Å². The molecule has 2 rings (SSSR count). The van der Waals surface area contributed by atoms with E-state index < -0.39 is 6.04 Å². The number of imide groups is 1. The molecule has 1 saturated heterocycles. The average Bonchev–Trinajstić information content (AvgIpc) is 2.59. The summed E-state index contributed by atoms with van der Waals surface area (Å²) < 4.78 is 0. The van der Waals surface area contributed by atoms with Crippen LogP contribution in [0, 0.1) is 11.3 Å². The van der Waals surface area contributed by atoms with Crippen LogP contribution in [0.5, 0.6) is 0 Å². The Morgan fingerprint density at radius 1 is 1.50 bits per heavy atom. The Morgan fingerprint density at radius 2 is 2.22 bits per heavy atom. The molecule has 0 aliphatic carbocycles. The van der Waals surface area contributed by atoms with Crippen LogP contribution in [0.2, 0.25) is 5.02 Å². The molecule has 1 aromatic carbocycles. The lowest BCUT2D eigenvalue weighted by Gasteiger charge is -2.13. The van der Waals surface area contributed by atoms with E-state index in [9.17, 15) is 9.59 Å². The SMILES string of the molecule is CN1C(=O)CC(Nc2ccc(C#N)cc2Cl)C1=O. The number of anilines is 1. The number of carbonyl (C=O) groups excluding carboxylic acids is 2. The smallest absolute Gasteiger partial charge is 0.251 e. The lowest BCUT2D eigenvalue weighted by Crippen LogP contribution is -2.31. The lowest BCUT2D eigenvalue weighted by atomic mass is 10.2. The van der Waals surface area contributed by atoms with Crippen molar-refractivity contribution in [3.63, 3.8) is 0 Å². The molecule has 92 valence electrons. The molecule has 0 spiro atoms. The second-order valence-corrected chi connectivity index (χ2v) is 4.41. The van der Waals surface area contributed by atoms with E-state index >= 15 is 0 Å². The summed E-state index contributed by atoms with van der Waals surface area (Å²) in [5, 5.41) is 12.0. The van der Waals surface area contributed by atoms with E-state index in [-0.39, 0.29) is 18.2 Å². The van der Waals surface area contributed by atoms with Gasteiger partial charge in [0.25, 0.3) is 5.91 Å². The summed E-state index contributed by atoms with van der Waals surface area (Å²) in [5.74, 6) is -0.498. The van der Waals surface area contributed by atoms with Crippen LogP contribution >= 0.6 is 11.6 Å². The zero-order chi connectivity index (χ0) is 13.3. The predicted octanol–water partition coefficient (Wildman–Crippen LogP) is 1.38. The highest BCUT2D eigenvalue weighted by atomic mass is 35.5. The Kier molecular flexibility index (Phi) is 3.21. The van der Waals surface area contributed by atoms with Gasteiger partial charge in [-0.05, 0) is 18.2 Å². The number of likely N-dealkylation sites (tertiary alicyclic amines) is 1. The molecule has 0 radical (unpaired) electrons. The van der Waals surface area contributed by atoms with Crippen LogP contribution in [-0.4, -0.2) is 29.8 Å². The first kappa shape index (κ1) is 12.4. The summed E-state index contributed by atoms with van der Waals surface area (Å²) in [7, 11) is 1.45. The van der Waals surface area contributed by atoms with Gasteiger partial charge < -0.3 is 5.32 Å². The van der Waals surface area contributed by atoms with E-state index in [0.717, 1.165) is 4.90 Å². The number of carbonyl (C=O) groups is 2. The molecule has 0 aromatic heterocycles. The fraction of sp³-hybridized carbons (Fsp3) is 0.250. The summed E-state index contributed by atoms with van der Waals surface area (Å²) in [5.41, 5.74) is 0.980. The Bertz CT molecular complexity index is 565. The number of benzene rings is 1. The number of amides is 2. The summed E-state index contributed by atoms with van der Waals surface area (Å²) in [4.78, 5) is 24.2. The first-order chi connectivity index (χ1) is 8.52. The van der Waals surface area contributed by atoms with Crippen LogP contribution in [0.3, 0.4) is 0 Å². The molecule has 18 heavy (non-hydrogen) atoms. The van der Waals surface area contributed by atoms with Crippen LogP contribution in [0.15, 0.2) is 18.2 Å². The molecule has 0 saturated carbocycles. The minimum Gasteiger partial charge on any atom is -0.372 e. The van der Waals surface area contributed by atoms with E-state index in [1.54, 1.807) is 12.1 Å². The number of hydrogen-bond acceptors (Lipinski definition) is 4. The van der Waals surface area contributed by atoms with Crippen molar-refractivity contribution >= 4 is 29.1 Å². The van der Waals surface area contributed by atoms with Crippen molar-refractivity contribution in [3.8, 4) is 6.07 Å². The molecule has 1 atom stereocenters. The highest BCUT2D eigenvalue weighted by Crippen LogP contribution is 2.25. The lowest BCUT2D eigenvalue weighted by molar-refractivity contribution is -0.136. The Balaban J connectivity index is 2.18. The molecule has 1 aliphatic heterocycles. The number of halogens is 1. The maximum atomic E-state index is 11.7. The summed E-state index contributed by atoms with van der Waals surface area (Å²) in [6.45, 7) is 0. The first-order valence-electron chi connectivity index (χ1n) is 5.29. The van der Waals surface area contributed by atoms with Crippen molar-refractivity contribution in [2.75, 3.05) is 12.4 Å². The second kappa shape index (κ2) is 4.67. The van der Waals surface area contributed by atoms with E-state index in [2.05, 4.69) is 5.32 Å². The van der Waals surface area contributed by atoms with Crippen LogP contribution in [0.1, 0.15) is 12.0 Å². The van der Waals surface area contributed by atoms with Gasteiger partial charge in [-0.15, -0.1) is 0 Å². The van der Waals surface area contributed by atoms with Crippen LogP contribution in [0.4, 0.5) is 5.69 Å². The summed E-state index contributed by atoms with van der Waals surface area (Å²) in [6, 6.07) is 6.11. The van der Waals surface area contributed by atoms with Gasteiger partial charge in [0.2, 0.25) is 5.91 Å². The standard InChI is InChI=1S/C12H10ClN3O2/c1-16-11(17)5-10(12(16)18)15-9-3-2-7(6-14)4-8(9)13/h2-4,10,15H,5H2,1H3. The zero-order valence-electron chi connectivity index (χ0n) is 9.61. The van der Waals surface area contributed by atoms with Gasteiger partial charge in [-0.25, -0.2) is 0 Å². The van der Waals surface area contributed by atoms with Gasteiger partial charge in [0.05, 0.1) is 28.8 Å². The highest BCUT2D eigenvalue weighted by molar-refractivity contribution is 6.33. The molecule has 1 aliphatic rings. The van der Waals surface area contributed by atoms with Crippen LogP contribution < -0.4 is 5.32 Å². The topological polar surface area (TPSA) is 73.2 Å². The highest BCUT2D eigenvalue weighted by Gasteiger charge is 2.36. The second-order valence-electron chi connectivity index (χ2n) is 4.00. The minimum absolute atomic E-state index is 0.117. The maximum absolute atomic E-state index is 11.7. The molecule has 1 fully saturated rings. The number of rotatable bonds is 2. The largest absolute Gasteiger partial charge is 0.372 e. The van der Waals surface area contributed by atoms with Gasteiger partial charge in [-0.1, -0.05) is 11.6 Å². The Morgan fingerprint density at radius 3 is 2.72 bits per heavy atom. The fourth-order valence-electron chi connectivity index (χ4n) is 1.76. The van der Waals surface area contributed by atoms with Crippen molar-refractivity contribution in [2.45, 2.75) is 12.5 Å². The normalized spacial score (nSPS) is 18.9. The molecular weight excluding hydrogens is 254 g/mol. The Hall–Kier alpha value is -2.06. The van der Waals surface area contributed by atoms with Gasteiger partial charge in [0.1, 0.15) is 6.04 Å². The third kappa shape index (κ3) is 2.15. The van der Waals surface area contributed by atoms with E-state index in [4.69, 9.17) is 16.9 Å². The molecule has 5 nitrogen and oxygen atoms in total. The first-order valence-corrected chi connectivity index (χ1v) is 5.67. The van der Waals surface area contributed by atoms with Crippen molar-refractivity contribution in [3.05, 3.63) is 28.8 Å². The van der Waals surface area contributed by atoms with Crippen LogP contribution in [-0.2, 0) is 9.59 Å². The summed E-state index contributed by atoms with van der Waals surface area (Å²) >= 11 is 5.98. The monoisotopic (exact) mass is 263 g/mol. The number of hydrogen-bond donors (Lipinski definition) is 1.